The molecule has 102 valence electrons. The molecule has 2 rings (SSSR count). The summed E-state index contributed by atoms with van der Waals surface area (Å²) in [6.45, 7) is 0. The minimum absolute atomic E-state index is 0.198. The number of benzene rings is 1. The fourth-order valence-electron chi connectivity index (χ4n) is 1.54. The number of hydrogen-bond acceptors (Lipinski definition) is 5. The fraction of sp³-hybridized carbons (Fsp3) is 0.308. The molecule has 0 aliphatic carbocycles. The van der Waals surface area contributed by atoms with Crippen molar-refractivity contribution in [2.45, 2.75) is 16.9 Å². The number of ether oxygens (including phenoxy) is 2. The highest BCUT2D eigenvalue weighted by molar-refractivity contribution is 7.98. The van der Waals surface area contributed by atoms with Gasteiger partial charge in [-0.15, -0.1) is 23.1 Å². The second kappa shape index (κ2) is 7.00. The first-order valence-electron chi connectivity index (χ1n) is 5.61. The van der Waals surface area contributed by atoms with Gasteiger partial charge in [0.1, 0.15) is 16.5 Å². The van der Waals surface area contributed by atoms with Gasteiger partial charge in [-0.05, 0) is 12.1 Å². The first-order chi connectivity index (χ1) is 9.24. The van der Waals surface area contributed by atoms with Gasteiger partial charge < -0.3 is 9.47 Å². The van der Waals surface area contributed by atoms with E-state index in [-0.39, 0.29) is 5.82 Å². The highest BCUT2D eigenvalue weighted by atomic mass is 32.2. The van der Waals surface area contributed by atoms with Crippen LogP contribution in [0.25, 0.3) is 0 Å². The molecule has 0 aliphatic rings. The standard InChI is InChI=1S/C13H14FNO2S2/c1-16-13(17-2)10-7-19-12(15-10)8-18-11-6-4-3-5-9(11)14/h3-7,13H,8H2,1-2H3. The maximum atomic E-state index is 13.5. The first kappa shape index (κ1) is 14.5. The minimum atomic E-state index is -0.441. The summed E-state index contributed by atoms with van der Waals surface area (Å²) in [4.78, 5) is 5.06. The van der Waals surface area contributed by atoms with Crippen LogP contribution in [0.15, 0.2) is 34.5 Å². The van der Waals surface area contributed by atoms with E-state index in [0.29, 0.717) is 10.6 Å². The van der Waals surface area contributed by atoms with Crippen LogP contribution in [0.5, 0.6) is 0 Å². The molecule has 0 fully saturated rings. The van der Waals surface area contributed by atoms with E-state index < -0.39 is 6.29 Å². The molecule has 0 atom stereocenters. The smallest absolute Gasteiger partial charge is 0.201 e. The summed E-state index contributed by atoms with van der Waals surface area (Å²) in [5, 5.41) is 2.82. The van der Waals surface area contributed by atoms with E-state index in [9.17, 15) is 4.39 Å². The number of thioether (sulfide) groups is 1. The van der Waals surface area contributed by atoms with Gasteiger partial charge in [0.2, 0.25) is 6.29 Å². The van der Waals surface area contributed by atoms with Gasteiger partial charge in [-0.1, -0.05) is 12.1 Å². The molecular formula is C13H14FNO2S2. The molecule has 6 heteroatoms. The largest absolute Gasteiger partial charge is 0.350 e. The summed E-state index contributed by atoms with van der Waals surface area (Å²) in [6.07, 6.45) is -0.441. The lowest BCUT2D eigenvalue weighted by Crippen LogP contribution is -2.03. The Morgan fingerprint density at radius 1 is 1.32 bits per heavy atom. The quantitative estimate of drug-likeness (QED) is 0.598. The number of rotatable bonds is 6. The summed E-state index contributed by atoms with van der Waals surface area (Å²) >= 11 is 2.95. The van der Waals surface area contributed by atoms with E-state index in [1.54, 1.807) is 26.4 Å². The van der Waals surface area contributed by atoms with Crippen LogP contribution in [0.3, 0.4) is 0 Å². The van der Waals surface area contributed by atoms with Gasteiger partial charge >= 0.3 is 0 Å². The first-order valence-corrected chi connectivity index (χ1v) is 7.48. The van der Waals surface area contributed by atoms with Gasteiger partial charge in [-0.2, -0.15) is 0 Å². The summed E-state index contributed by atoms with van der Waals surface area (Å²) in [6, 6.07) is 6.73. The van der Waals surface area contributed by atoms with Crippen molar-refractivity contribution in [2.75, 3.05) is 14.2 Å². The molecule has 0 aliphatic heterocycles. The van der Waals surface area contributed by atoms with Crippen LogP contribution in [0.2, 0.25) is 0 Å². The normalized spacial score (nSPS) is 11.2. The number of thiazole rings is 1. The molecule has 1 aromatic heterocycles. The topological polar surface area (TPSA) is 31.4 Å². The summed E-state index contributed by atoms with van der Waals surface area (Å²) in [5.74, 6) is 0.432. The molecule has 1 aromatic carbocycles. The van der Waals surface area contributed by atoms with Crippen molar-refractivity contribution in [3.63, 3.8) is 0 Å². The molecule has 0 amide bonds. The predicted octanol–water partition coefficient (Wildman–Crippen LogP) is 3.87. The van der Waals surface area contributed by atoms with Crippen molar-refractivity contribution >= 4 is 23.1 Å². The van der Waals surface area contributed by atoms with Gasteiger partial charge in [-0.25, -0.2) is 9.37 Å². The highest BCUT2D eigenvalue weighted by Gasteiger charge is 2.13. The molecule has 0 N–H and O–H groups in total. The maximum Gasteiger partial charge on any atom is 0.201 e. The van der Waals surface area contributed by atoms with Crippen molar-refractivity contribution in [3.8, 4) is 0 Å². The van der Waals surface area contributed by atoms with Crippen molar-refractivity contribution in [2.24, 2.45) is 0 Å². The van der Waals surface area contributed by atoms with Crippen LogP contribution in [0.1, 0.15) is 17.0 Å². The summed E-state index contributed by atoms with van der Waals surface area (Å²) in [5.41, 5.74) is 0.749. The van der Waals surface area contributed by atoms with Crippen LogP contribution in [-0.2, 0) is 15.2 Å². The third-order valence-electron chi connectivity index (χ3n) is 2.43. The molecule has 0 unspecified atom stereocenters. The van der Waals surface area contributed by atoms with Crippen LogP contribution in [0.4, 0.5) is 4.39 Å². The lowest BCUT2D eigenvalue weighted by molar-refractivity contribution is -0.108. The Labute approximate surface area is 119 Å². The van der Waals surface area contributed by atoms with E-state index in [1.165, 1.54) is 29.2 Å². The molecule has 0 bridgehead atoms. The van der Waals surface area contributed by atoms with E-state index in [0.717, 1.165) is 10.7 Å². The van der Waals surface area contributed by atoms with Gasteiger partial charge in [-0.3, -0.25) is 0 Å². The van der Waals surface area contributed by atoms with Crippen LogP contribution < -0.4 is 0 Å². The van der Waals surface area contributed by atoms with Gasteiger partial charge in [0.05, 0.1) is 5.75 Å². The lowest BCUT2D eigenvalue weighted by atomic mass is 10.3. The van der Waals surface area contributed by atoms with E-state index in [2.05, 4.69) is 4.98 Å². The number of nitrogens with zero attached hydrogens (tertiary/aromatic N) is 1. The molecule has 19 heavy (non-hydrogen) atoms. The van der Waals surface area contributed by atoms with Crippen LogP contribution in [-0.4, -0.2) is 19.2 Å². The summed E-state index contributed by atoms with van der Waals surface area (Å²) < 4.78 is 23.7. The molecule has 1 heterocycles. The Hall–Kier alpha value is -0.950. The Morgan fingerprint density at radius 3 is 2.74 bits per heavy atom. The van der Waals surface area contributed by atoms with E-state index in [1.807, 2.05) is 11.4 Å². The Kier molecular flexibility index (Phi) is 5.33. The Bertz CT molecular complexity index is 529. The van der Waals surface area contributed by atoms with Crippen molar-refractivity contribution in [1.29, 1.82) is 0 Å². The zero-order chi connectivity index (χ0) is 13.7. The molecule has 0 saturated carbocycles. The molecule has 2 aromatic rings. The maximum absolute atomic E-state index is 13.5. The third-order valence-corrected chi connectivity index (χ3v) is 4.54. The van der Waals surface area contributed by atoms with Crippen LogP contribution >= 0.6 is 23.1 Å². The second-order valence-electron chi connectivity index (χ2n) is 3.69. The second-order valence-corrected chi connectivity index (χ2v) is 5.65. The van der Waals surface area contributed by atoms with Gasteiger partial charge in [0.25, 0.3) is 0 Å². The molecule has 0 saturated heterocycles. The number of hydrogen-bond donors (Lipinski definition) is 0. The van der Waals surface area contributed by atoms with Gasteiger partial charge in [0.15, 0.2) is 0 Å². The summed E-state index contributed by atoms with van der Waals surface area (Å²) in [7, 11) is 3.14. The Morgan fingerprint density at radius 2 is 2.05 bits per heavy atom. The SMILES string of the molecule is COC(OC)c1csc(CSc2ccccc2F)n1. The Balaban J connectivity index is 1.99. The van der Waals surface area contributed by atoms with E-state index >= 15 is 0 Å². The zero-order valence-corrected chi connectivity index (χ0v) is 12.3. The lowest BCUT2D eigenvalue weighted by Gasteiger charge is -2.09. The molecule has 3 nitrogen and oxygen atoms in total. The minimum Gasteiger partial charge on any atom is -0.350 e. The molecule has 0 radical (unpaired) electrons. The van der Waals surface area contributed by atoms with E-state index in [4.69, 9.17) is 9.47 Å². The van der Waals surface area contributed by atoms with Crippen molar-refractivity contribution < 1.29 is 13.9 Å². The molecule has 0 spiro atoms. The number of methoxy groups -OCH3 is 2. The average molecular weight is 299 g/mol. The van der Waals surface area contributed by atoms with Crippen molar-refractivity contribution in [1.82, 2.24) is 4.98 Å². The van der Waals surface area contributed by atoms with Crippen LogP contribution in [0, 0.1) is 5.82 Å². The monoisotopic (exact) mass is 299 g/mol. The van der Waals surface area contributed by atoms with Gasteiger partial charge in [0, 0.05) is 24.5 Å². The third kappa shape index (κ3) is 3.76. The van der Waals surface area contributed by atoms with Crippen molar-refractivity contribution in [3.05, 3.63) is 46.2 Å². The molecular weight excluding hydrogens is 285 g/mol. The number of halogens is 1. The fourth-order valence-corrected chi connectivity index (χ4v) is 3.29. The predicted molar refractivity (Wildman–Crippen MR) is 74.8 cm³/mol. The average Bonchev–Trinajstić information content (AvgIpc) is 2.88. The highest BCUT2D eigenvalue weighted by Crippen LogP contribution is 2.28. The number of aromatic nitrogens is 1. The zero-order valence-electron chi connectivity index (χ0n) is 10.6.